The summed E-state index contributed by atoms with van der Waals surface area (Å²) in [7, 11) is 0. The number of hydrogen-bond acceptors (Lipinski definition) is 3. The number of rotatable bonds is 2. The highest BCUT2D eigenvalue weighted by molar-refractivity contribution is 5.78. The van der Waals surface area contributed by atoms with E-state index in [0.29, 0.717) is 13.0 Å². The number of anilines is 1. The summed E-state index contributed by atoms with van der Waals surface area (Å²) < 4.78 is 39.2. The molecule has 0 unspecified atom stereocenters. The first-order chi connectivity index (χ1) is 9.84. The molecule has 0 aromatic carbocycles. The highest BCUT2D eigenvalue weighted by atomic mass is 19.4. The lowest BCUT2D eigenvalue weighted by molar-refractivity contribution is -0.149. The fraction of sp³-hybridized carbons (Fsp3) is 0.571. The monoisotopic (exact) mass is 300 g/mol. The fourth-order valence-electron chi connectivity index (χ4n) is 3.67. The van der Waals surface area contributed by atoms with E-state index in [0.717, 1.165) is 18.9 Å². The second kappa shape index (κ2) is 4.61. The summed E-state index contributed by atoms with van der Waals surface area (Å²) in [4.78, 5) is 16.9. The molecular formula is C14H15F3N2O2. The van der Waals surface area contributed by atoms with Gasteiger partial charge >= 0.3 is 12.1 Å². The summed E-state index contributed by atoms with van der Waals surface area (Å²) in [6.45, 7) is 0.430. The second-order valence-corrected chi connectivity index (χ2v) is 5.80. The van der Waals surface area contributed by atoms with Gasteiger partial charge in [-0.3, -0.25) is 4.79 Å². The van der Waals surface area contributed by atoms with Crippen molar-refractivity contribution in [1.29, 1.82) is 0 Å². The second-order valence-electron chi connectivity index (χ2n) is 5.80. The number of halogens is 3. The molecule has 1 N–H and O–H groups in total. The number of fused-ring (bicyclic) bond motifs is 1. The van der Waals surface area contributed by atoms with E-state index in [1.807, 2.05) is 0 Å². The number of carbonyl (C=O) groups is 1. The number of hydrogen-bond donors (Lipinski definition) is 1. The molecular weight excluding hydrogens is 285 g/mol. The fourth-order valence-corrected chi connectivity index (χ4v) is 3.67. The smallest absolute Gasteiger partial charge is 0.419 e. The average molecular weight is 300 g/mol. The highest BCUT2D eigenvalue weighted by Gasteiger charge is 2.55. The van der Waals surface area contributed by atoms with Crippen molar-refractivity contribution in [3.05, 3.63) is 23.9 Å². The summed E-state index contributed by atoms with van der Waals surface area (Å²) in [6.07, 6.45) is -1.09. The Morgan fingerprint density at radius 2 is 2.24 bits per heavy atom. The molecule has 0 radical (unpaired) electrons. The first-order valence-electron chi connectivity index (χ1n) is 6.85. The van der Waals surface area contributed by atoms with Crippen LogP contribution >= 0.6 is 0 Å². The number of alkyl halides is 3. The van der Waals surface area contributed by atoms with Crippen molar-refractivity contribution in [2.45, 2.75) is 25.4 Å². The molecule has 1 saturated carbocycles. The normalized spacial score (nSPS) is 28.7. The van der Waals surface area contributed by atoms with Crippen LogP contribution in [0.4, 0.5) is 19.0 Å². The molecule has 3 rings (SSSR count). The molecule has 1 saturated heterocycles. The lowest BCUT2D eigenvalue weighted by Crippen LogP contribution is -2.36. The van der Waals surface area contributed by atoms with E-state index >= 15 is 0 Å². The van der Waals surface area contributed by atoms with Gasteiger partial charge in [-0.25, -0.2) is 4.98 Å². The third-order valence-corrected chi connectivity index (χ3v) is 4.69. The summed E-state index contributed by atoms with van der Waals surface area (Å²) in [5, 5.41) is 9.50. The Kier molecular flexibility index (Phi) is 3.11. The molecule has 114 valence electrons. The van der Waals surface area contributed by atoms with Gasteiger partial charge in [0.15, 0.2) is 0 Å². The van der Waals surface area contributed by atoms with Gasteiger partial charge in [0.25, 0.3) is 0 Å². The van der Waals surface area contributed by atoms with Crippen LogP contribution in [-0.4, -0.2) is 29.1 Å². The number of aliphatic carboxylic acids is 1. The van der Waals surface area contributed by atoms with Gasteiger partial charge < -0.3 is 10.0 Å². The largest absolute Gasteiger partial charge is 0.481 e. The van der Waals surface area contributed by atoms with Crippen LogP contribution in [0.15, 0.2) is 18.3 Å². The number of aromatic nitrogens is 1. The van der Waals surface area contributed by atoms with Crippen molar-refractivity contribution in [2.75, 3.05) is 18.0 Å². The van der Waals surface area contributed by atoms with Crippen LogP contribution < -0.4 is 4.90 Å². The number of pyridine rings is 1. The van der Waals surface area contributed by atoms with Gasteiger partial charge in [-0.05, 0) is 30.9 Å². The van der Waals surface area contributed by atoms with Crippen molar-refractivity contribution in [3.8, 4) is 0 Å². The van der Waals surface area contributed by atoms with Gasteiger partial charge in [0.05, 0.1) is 11.0 Å². The molecule has 2 aliphatic rings. The molecule has 2 fully saturated rings. The average Bonchev–Trinajstić information content (AvgIpc) is 2.95. The van der Waals surface area contributed by atoms with E-state index in [1.54, 1.807) is 0 Å². The maximum atomic E-state index is 13.1. The van der Waals surface area contributed by atoms with Crippen LogP contribution in [-0.2, 0) is 11.0 Å². The van der Waals surface area contributed by atoms with Gasteiger partial charge in [-0.15, -0.1) is 0 Å². The van der Waals surface area contributed by atoms with E-state index in [9.17, 15) is 23.1 Å². The molecule has 4 nitrogen and oxygen atoms in total. The van der Waals surface area contributed by atoms with Crippen molar-refractivity contribution in [3.63, 3.8) is 0 Å². The topological polar surface area (TPSA) is 53.4 Å². The van der Waals surface area contributed by atoms with Crippen molar-refractivity contribution in [2.24, 2.45) is 11.3 Å². The van der Waals surface area contributed by atoms with Gasteiger partial charge in [-0.2, -0.15) is 13.2 Å². The molecule has 1 aliphatic carbocycles. The summed E-state index contributed by atoms with van der Waals surface area (Å²) >= 11 is 0. The van der Waals surface area contributed by atoms with E-state index in [-0.39, 0.29) is 18.3 Å². The zero-order valence-corrected chi connectivity index (χ0v) is 11.2. The number of carboxylic acid groups (broad SMARTS) is 1. The van der Waals surface area contributed by atoms with E-state index in [2.05, 4.69) is 4.98 Å². The molecule has 21 heavy (non-hydrogen) atoms. The van der Waals surface area contributed by atoms with E-state index in [1.165, 1.54) is 17.2 Å². The minimum absolute atomic E-state index is 0.0990. The quantitative estimate of drug-likeness (QED) is 0.912. The first kappa shape index (κ1) is 14.2. The number of nitrogens with zero attached hydrogens (tertiary/aromatic N) is 2. The van der Waals surface area contributed by atoms with Gasteiger partial charge in [0.2, 0.25) is 0 Å². The Bertz CT molecular complexity index is 576. The Labute approximate surface area is 119 Å². The standard InChI is InChI=1S/C14H15F3N2O2/c15-14(16,17)10-4-2-6-18-11(10)19-7-9-3-1-5-13(9,8-19)12(20)21/h2,4,6,9H,1,3,5,7-8H2,(H,20,21)/t9-,13+/m0/s1. The minimum Gasteiger partial charge on any atom is -0.481 e. The Morgan fingerprint density at radius 3 is 2.86 bits per heavy atom. The van der Waals surface area contributed by atoms with Crippen LogP contribution in [0.2, 0.25) is 0 Å². The van der Waals surface area contributed by atoms with Crippen LogP contribution in [0, 0.1) is 11.3 Å². The molecule has 7 heteroatoms. The summed E-state index contributed by atoms with van der Waals surface area (Å²) in [5.74, 6) is -1.16. The Morgan fingerprint density at radius 1 is 1.48 bits per heavy atom. The SMILES string of the molecule is O=C(O)[C@@]12CCC[C@H]1CN(c1ncccc1C(F)(F)F)C2. The van der Waals surface area contributed by atoms with Crippen LogP contribution in [0.3, 0.4) is 0 Å². The van der Waals surface area contributed by atoms with Gasteiger partial charge in [0, 0.05) is 19.3 Å². The molecule has 0 amide bonds. The van der Waals surface area contributed by atoms with E-state index < -0.39 is 23.1 Å². The zero-order chi connectivity index (χ0) is 15.3. The van der Waals surface area contributed by atoms with Crippen molar-refractivity contribution in [1.82, 2.24) is 4.98 Å². The van der Waals surface area contributed by atoms with Crippen molar-refractivity contribution >= 4 is 11.8 Å². The lowest BCUT2D eigenvalue weighted by atomic mass is 9.81. The maximum Gasteiger partial charge on any atom is 0.419 e. The lowest BCUT2D eigenvalue weighted by Gasteiger charge is -2.25. The third-order valence-electron chi connectivity index (χ3n) is 4.69. The molecule has 1 aliphatic heterocycles. The van der Waals surface area contributed by atoms with Gasteiger partial charge in [0.1, 0.15) is 5.82 Å². The van der Waals surface area contributed by atoms with Crippen LogP contribution in [0.1, 0.15) is 24.8 Å². The summed E-state index contributed by atoms with van der Waals surface area (Å²) in [6, 6.07) is 2.24. The molecule has 0 spiro atoms. The maximum absolute atomic E-state index is 13.1. The molecule has 2 heterocycles. The van der Waals surface area contributed by atoms with E-state index in [4.69, 9.17) is 0 Å². The molecule has 1 aromatic heterocycles. The first-order valence-corrected chi connectivity index (χ1v) is 6.85. The molecule has 0 bridgehead atoms. The zero-order valence-electron chi connectivity index (χ0n) is 11.2. The number of carboxylic acids is 1. The molecule has 2 atom stereocenters. The minimum atomic E-state index is -4.49. The Hall–Kier alpha value is -1.79. The molecule has 1 aromatic rings. The Balaban J connectivity index is 1.96. The third kappa shape index (κ3) is 2.15. The van der Waals surface area contributed by atoms with Gasteiger partial charge in [-0.1, -0.05) is 6.42 Å². The summed E-state index contributed by atoms with van der Waals surface area (Å²) in [5.41, 5.74) is -1.72. The predicted molar refractivity (Wildman–Crippen MR) is 68.9 cm³/mol. The highest BCUT2D eigenvalue weighted by Crippen LogP contribution is 2.50. The van der Waals surface area contributed by atoms with Crippen molar-refractivity contribution < 1.29 is 23.1 Å². The van der Waals surface area contributed by atoms with Crippen LogP contribution in [0.25, 0.3) is 0 Å². The predicted octanol–water partition coefficient (Wildman–Crippen LogP) is 2.79. The van der Waals surface area contributed by atoms with Crippen LogP contribution in [0.5, 0.6) is 0 Å².